The van der Waals surface area contributed by atoms with Crippen LogP contribution in [0.5, 0.6) is 0 Å². The van der Waals surface area contributed by atoms with E-state index in [1.54, 1.807) is 12.1 Å². The van der Waals surface area contributed by atoms with E-state index in [2.05, 4.69) is 26.1 Å². The maximum absolute atomic E-state index is 13.0. The molecule has 15 heavy (non-hydrogen) atoms. The zero-order chi connectivity index (χ0) is 10.8. The topological polar surface area (TPSA) is 64.9 Å². The molecule has 6 heteroatoms. The average molecular weight is 272 g/mol. The van der Waals surface area contributed by atoms with Gasteiger partial charge < -0.3 is 10.3 Å². The number of nitrogens with two attached hydrogens (primary N) is 1. The van der Waals surface area contributed by atoms with Gasteiger partial charge in [-0.25, -0.2) is 4.39 Å². The molecule has 0 saturated carbocycles. The van der Waals surface area contributed by atoms with Crippen LogP contribution in [0.1, 0.15) is 5.89 Å². The van der Waals surface area contributed by atoms with Crippen LogP contribution in [0, 0.1) is 5.82 Å². The number of rotatable bonds is 2. The molecule has 0 atom stereocenters. The van der Waals surface area contributed by atoms with Gasteiger partial charge in [0, 0.05) is 5.56 Å². The molecular weight excluding hydrogens is 265 g/mol. The van der Waals surface area contributed by atoms with Crippen LogP contribution in [0.4, 0.5) is 4.39 Å². The Hall–Kier alpha value is -1.27. The summed E-state index contributed by atoms with van der Waals surface area (Å²) in [5.41, 5.74) is 6.00. The lowest BCUT2D eigenvalue weighted by Crippen LogP contribution is -1.95. The third-order valence-electron chi connectivity index (χ3n) is 1.82. The first-order valence-corrected chi connectivity index (χ1v) is 4.98. The molecule has 0 saturated heterocycles. The van der Waals surface area contributed by atoms with E-state index >= 15 is 0 Å². The molecule has 0 radical (unpaired) electrons. The maximum atomic E-state index is 13.0. The standard InChI is InChI=1S/C9H7BrFN3O/c10-6-3-5(1-2-7(6)11)9-13-8(4-12)15-14-9/h1-3H,4,12H2. The van der Waals surface area contributed by atoms with E-state index in [9.17, 15) is 4.39 Å². The molecule has 2 rings (SSSR count). The summed E-state index contributed by atoms with van der Waals surface area (Å²) in [6.45, 7) is 0.190. The second kappa shape index (κ2) is 4.08. The molecule has 0 spiro atoms. The van der Waals surface area contributed by atoms with Crippen LogP contribution in [0.3, 0.4) is 0 Å². The first kappa shape index (κ1) is 10.3. The second-order valence-corrected chi connectivity index (χ2v) is 3.70. The predicted molar refractivity (Wildman–Crippen MR) is 55.3 cm³/mol. The molecule has 1 aromatic heterocycles. The van der Waals surface area contributed by atoms with E-state index in [0.717, 1.165) is 0 Å². The van der Waals surface area contributed by atoms with Crippen molar-refractivity contribution in [3.63, 3.8) is 0 Å². The molecule has 2 N–H and O–H groups in total. The Balaban J connectivity index is 2.40. The van der Waals surface area contributed by atoms with Crippen molar-refractivity contribution >= 4 is 15.9 Å². The highest BCUT2D eigenvalue weighted by Crippen LogP contribution is 2.22. The molecule has 0 bridgehead atoms. The molecule has 0 aliphatic rings. The number of benzene rings is 1. The summed E-state index contributed by atoms with van der Waals surface area (Å²) in [5.74, 6) is 0.419. The van der Waals surface area contributed by atoms with Crippen LogP contribution in [0.25, 0.3) is 11.4 Å². The molecule has 4 nitrogen and oxygen atoms in total. The van der Waals surface area contributed by atoms with Crippen LogP contribution in [0.15, 0.2) is 27.2 Å². The van der Waals surface area contributed by atoms with Crippen LogP contribution >= 0.6 is 15.9 Å². The quantitative estimate of drug-likeness (QED) is 0.909. The van der Waals surface area contributed by atoms with E-state index in [1.807, 2.05) is 0 Å². The predicted octanol–water partition coefficient (Wildman–Crippen LogP) is 2.10. The monoisotopic (exact) mass is 271 g/mol. The number of hydrogen-bond acceptors (Lipinski definition) is 4. The fraction of sp³-hybridized carbons (Fsp3) is 0.111. The minimum atomic E-state index is -0.332. The van der Waals surface area contributed by atoms with Gasteiger partial charge in [0.1, 0.15) is 5.82 Å². The van der Waals surface area contributed by atoms with Crippen molar-refractivity contribution in [2.45, 2.75) is 6.54 Å². The summed E-state index contributed by atoms with van der Waals surface area (Å²) in [5, 5.41) is 3.72. The Bertz CT molecular complexity index is 486. The summed E-state index contributed by atoms with van der Waals surface area (Å²) in [7, 11) is 0. The van der Waals surface area contributed by atoms with Gasteiger partial charge in [-0.05, 0) is 34.1 Å². The Labute approximate surface area is 93.4 Å². The highest BCUT2D eigenvalue weighted by atomic mass is 79.9. The summed E-state index contributed by atoms with van der Waals surface area (Å²) < 4.78 is 18.2. The van der Waals surface area contributed by atoms with E-state index < -0.39 is 0 Å². The fourth-order valence-corrected chi connectivity index (χ4v) is 1.47. The first-order chi connectivity index (χ1) is 7.20. The molecule has 0 amide bonds. The summed E-state index contributed by atoms with van der Waals surface area (Å²) in [6.07, 6.45) is 0. The first-order valence-electron chi connectivity index (χ1n) is 4.19. The van der Waals surface area contributed by atoms with Crippen molar-refractivity contribution in [1.29, 1.82) is 0 Å². The summed E-state index contributed by atoms with van der Waals surface area (Å²) in [6, 6.07) is 4.49. The number of halogens is 2. The third-order valence-corrected chi connectivity index (χ3v) is 2.43. The summed E-state index contributed by atoms with van der Waals surface area (Å²) >= 11 is 3.08. The van der Waals surface area contributed by atoms with Gasteiger partial charge in [-0.1, -0.05) is 5.16 Å². The molecule has 1 heterocycles. The van der Waals surface area contributed by atoms with Crippen molar-refractivity contribution in [3.8, 4) is 11.4 Å². The van der Waals surface area contributed by atoms with Gasteiger partial charge in [0.2, 0.25) is 11.7 Å². The number of aromatic nitrogens is 2. The lowest BCUT2D eigenvalue weighted by atomic mass is 10.2. The molecule has 2 aromatic rings. The Kier molecular flexibility index (Phi) is 2.79. The van der Waals surface area contributed by atoms with Crippen molar-refractivity contribution in [1.82, 2.24) is 10.1 Å². The summed E-state index contributed by atoms with van der Waals surface area (Å²) in [4.78, 5) is 4.02. The minimum Gasteiger partial charge on any atom is -0.338 e. The smallest absolute Gasteiger partial charge is 0.240 e. The van der Waals surface area contributed by atoms with E-state index in [-0.39, 0.29) is 12.4 Å². The Morgan fingerprint density at radius 1 is 1.47 bits per heavy atom. The maximum Gasteiger partial charge on any atom is 0.240 e. The SMILES string of the molecule is NCc1nc(-c2ccc(F)c(Br)c2)no1. The van der Waals surface area contributed by atoms with E-state index in [1.165, 1.54) is 6.07 Å². The molecule has 0 unspecified atom stereocenters. The molecular formula is C9H7BrFN3O. The van der Waals surface area contributed by atoms with Gasteiger partial charge in [-0.3, -0.25) is 0 Å². The minimum absolute atomic E-state index is 0.190. The van der Waals surface area contributed by atoms with Crippen LogP contribution < -0.4 is 5.73 Å². The van der Waals surface area contributed by atoms with Gasteiger partial charge in [0.25, 0.3) is 0 Å². The lowest BCUT2D eigenvalue weighted by Gasteiger charge is -1.96. The average Bonchev–Trinajstić information content (AvgIpc) is 2.70. The van der Waals surface area contributed by atoms with Gasteiger partial charge in [0.15, 0.2) is 0 Å². The molecule has 0 aliphatic heterocycles. The zero-order valence-corrected chi connectivity index (χ0v) is 9.16. The van der Waals surface area contributed by atoms with Gasteiger partial charge >= 0.3 is 0 Å². The third kappa shape index (κ3) is 2.05. The van der Waals surface area contributed by atoms with Crippen molar-refractivity contribution < 1.29 is 8.91 Å². The van der Waals surface area contributed by atoms with Crippen LogP contribution in [-0.2, 0) is 6.54 Å². The van der Waals surface area contributed by atoms with E-state index in [0.29, 0.717) is 21.8 Å². The van der Waals surface area contributed by atoms with Crippen molar-refractivity contribution in [2.75, 3.05) is 0 Å². The molecule has 0 aliphatic carbocycles. The normalized spacial score (nSPS) is 10.6. The van der Waals surface area contributed by atoms with Crippen molar-refractivity contribution in [3.05, 3.63) is 34.4 Å². The van der Waals surface area contributed by atoms with Crippen molar-refractivity contribution in [2.24, 2.45) is 5.73 Å². The Morgan fingerprint density at radius 3 is 2.87 bits per heavy atom. The highest BCUT2D eigenvalue weighted by molar-refractivity contribution is 9.10. The number of nitrogens with zero attached hydrogens (tertiary/aromatic N) is 2. The fourth-order valence-electron chi connectivity index (χ4n) is 1.09. The lowest BCUT2D eigenvalue weighted by molar-refractivity contribution is 0.380. The molecule has 0 fully saturated rings. The molecule has 78 valence electrons. The van der Waals surface area contributed by atoms with Gasteiger partial charge in [0.05, 0.1) is 11.0 Å². The van der Waals surface area contributed by atoms with Gasteiger partial charge in [-0.2, -0.15) is 4.98 Å². The highest BCUT2D eigenvalue weighted by Gasteiger charge is 2.09. The van der Waals surface area contributed by atoms with Crippen LogP contribution in [0.2, 0.25) is 0 Å². The molecule has 1 aromatic carbocycles. The van der Waals surface area contributed by atoms with Crippen LogP contribution in [-0.4, -0.2) is 10.1 Å². The number of hydrogen-bond donors (Lipinski definition) is 1. The largest absolute Gasteiger partial charge is 0.338 e. The van der Waals surface area contributed by atoms with E-state index in [4.69, 9.17) is 10.3 Å². The van der Waals surface area contributed by atoms with Gasteiger partial charge in [-0.15, -0.1) is 0 Å². The second-order valence-electron chi connectivity index (χ2n) is 2.84. The Morgan fingerprint density at radius 2 is 2.27 bits per heavy atom. The zero-order valence-electron chi connectivity index (χ0n) is 7.58.